The van der Waals surface area contributed by atoms with Gasteiger partial charge in [-0.05, 0) is 26.2 Å². The molecule has 0 aromatic heterocycles. The zero-order valence-corrected chi connectivity index (χ0v) is 12.4. The molecule has 1 rings (SSSR count). The van der Waals surface area contributed by atoms with E-state index in [1.807, 2.05) is 4.90 Å². The second-order valence-electron chi connectivity index (χ2n) is 4.80. The summed E-state index contributed by atoms with van der Waals surface area (Å²) >= 11 is 0. The van der Waals surface area contributed by atoms with Gasteiger partial charge in [0.05, 0.1) is 13.2 Å². The van der Waals surface area contributed by atoms with Crippen LogP contribution in [-0.2, 0) is 19.1 Å². The van der Waals surface area contributed by atoms with Crippen LogP contribution in [0.25, 0.3) is 0 Å². The third-order valence-corrected chi connectivity index (χ3v) is 3.17. The maximum atomic E-state index is 11.8. The second-order valence-corrected chi connectivity index (χ2v) is 4.80. The largest absolute Gasteiger partial charge is 0.464 e. The Kier molecular flexibility index (Phi) is 8.98. The van der Waals surface area contributed by atoms with Gasteiger partial charge < -0.3 is 19.7 Å². The topological polar surface area (TPSA) is 67.9 Å². The number of rotatable bonds is 9. The van der Waals surface area contributed by atoms with Crippen molar-refractivity contribution in [2.24, 2.45) is 0 Å². The molecule has 1 fully saturated rings. The van der Waals surface area contributed by atoms with Gasteiger partial charge in [-0.25, -0.2) is 4.79 Å². The van der Waals surface area contributed by atoms with Crippen molar-refractivity contribution < 1.29 is 19.1 Å². The van der Waals surface area contributed by atoms with Crippen LogP contribution < -0.4 is 5.32 Å². The molecule has 1 heterocycles. The van der Waals surface area contributed by atoms with E-state index in [1.165, 1.54) is 6.42 Å². The molecule has 20 heavy (non-hydrogen) atoms. The van der Waals surface area contributed by atoms with Crippen LogP contribution in [0, 0.1) is 0 Å². The fourth-order valence-corrected chi connectivity index (χ4v) is 2.12. The smallest absolute Gasteiger partial charge is 0.332 e. The molecule has 1 aliphatic rings. The van der Waals surface area contributed by atoms with Crippen molar-refractivity contribution in [2.45, 2.75) is 32.6 Å². The fraction of sp³-hybridized carbons (Fsp3) is 0.857. The molecule has 0 atom stereocenters. The molecule has 0 aliphatic carbocycles. The average molecular weight is 286 g/mol. The first-order chi connectivity index (χ1) is 9.74. The van der Waals surface area contributed by atoms with Gasteiger partial charge in [-0.1, -0.05) is 0 Å². The Balaban J connectivity index is 1.91. The number of amides is 1. The number of hydrogen-bond acceptors (Lipinski definition) is 5. The summed E-state index contributed by atoms with van der Waals surface area (Å²) in [6.07, 6.45) is 4.01. The Morgan fingerprint density at radius 3 is 2.60 bits per heavy atom. The molecule has 6 heteroatoms. The molecule has 1 N–H and O–H groups in total. The maximum Gasteiger partial charge on any atom is 0.332 e. The molecule has 0 bridgehead atoms. The van der Waals surface area contributed by atoms with Crippen molar-refractivity contribution in [3.05, 3.63) is 0 Å². The van der Waals surface area contributed by atoms with Crippen molar-refractivity contribution in [2.75, 3.05) is 46.0 Å². The van der Waals surface area contributed by atoms with Gasteiger partial charge in [-0.15, -0.1) is 0 Å². The number of piperidine rings is 1. The lowest BCUT2D eigenvalue weighted by Gasteiger charge is -2.26. The summed E-state index contributed by atoms with van der Waals surface area (Å²) < 4.78 is 9.87. The number of carbonyl (C=O) groups is 2. The summed E-state index contributed by atoms with van der Waals surface area (Å²) in [6.45, 7) is 5.66. The molecule has 116 valence electrons. The van der Waals surface area contributed by atoms with Crippen LogP contribution in [0.15, 0.2) is 0 Å². The Morgan fingerprint density at radius 2 is 1.90 bits per heavy atom. The highest BCUT2D eigenvalue weighted by Crippen LogP contribution is 2.09. The minimum atomic E-state index is -0.340. The van der Waals surface area contributed by atoms with E-state index >= 15 is 0 Å². The summed E-state index contributed by atoms with van der Waals surface area (Å²) in [5.74, 6) is -0.114. The van der Waals surface area contributed by atoms with Crippen molar-refractivity contribution in [3.63, 3.8) is 0 Å². The van der Waals surface area contributed by atoms with Crippen LogP contribution in [0.4, 0.5) is 0 Å². The highest BCUT2D eigenvalue weighted by Gasteiger charge is 2.15. The highest BCUT2D eigenvalue weighted by molar-refractivity contribution is 5.76. The van der Waals surface area contributed by atoms with E-state index in [4.69, 9.17) is 9.47 Å². The van der Waals surface area contributed by atoms with Gasteiger partial charge in [0, 0.05) is 32.6 Å². The molecule has 0 radical (unpaired) electrons. The molecule has 0 saturated carbocycles. The molecule has 0 aromatic carbocycles. The molecule has 0 aromatic rings. The predicted octanol–water partition coefficient (Wildman–Crippen LogP) is 0.558. The number of carbonyl (C=O) groups excluding carboxylic acids is 2. The Morgan fingerprint density at radius 1 is 1.15 bits per heavy atom. The zero-order chi connectivity index (χ0) is 14.6. The number of ether oxygens (including phenoxy) is 2. The number of likely N-dealkylation sites (tertiary alicyclic amines) is 1. The maximum absolute atomic E-state index is 11.8. The van der Waals surface area contributed by atoms with Gasteiger partial charge in [-0.3, -0.25) is 4.79 Å². The fourth-order valence-electron chi connectivity index (χ4n) is 2.12. The van der Waals surface area contributed by atoms with Gasteiger partial charge in [-0.2, -0.15) is 0 Å². The van der Waals surface area contributed by atoms with E-state index in [2.05, 4.69) is 5.32 Å². The van der Waals surface area contributed by atoms with Crippen molar-refractivity contribution in [1.29, 1.82) is 0 Å². The van der Waals surface area contributed by atoms with E-state index in [9.17, 15) is 9.59 Å². The van der Waals surface area contributed by atoms with Crippen LogP contribution in [0.5, 0.6) is 0 Å². The van der Waals surface area contributed by atoms with Crippen LogP contribution in [0.3, 0.4) is 0 Å². The summed E-state index contributed by atoms with van der Waals surface area (Å²) in [6, 6.07) is 0. The van der Waals surface area contributed by atoms with Crippen LogP contribution in [0.2, 0.25) is 0 Å². The minimum absolute atomic E-state index is 0.0117. The lowest BCUT2D eigenvalue weighted by Crippen LogP contribution is -2.37. The zero-order valence-electron chi connectivity index (χ0n) is 12.4. The molecule has 1 saturated heterocycles. The lowest BCUT2D eigenvalue weighted by molar-refractivity contribution is -0.148. The number of nitrogens with zero attached hydrogens (tertiary/aromatic N) is 1. The normalized spacial score (nSPS) is 15.2. The molecule has 0 spiro atoms. The van der Waals surface area contributed by atoms with Crippen molar-refractivity contribution >= 4 is 11.9 Å². The summed E-state index contributed by atoms with van der Waals surface area (Å²) in [7, 11) is 0. The van der Waals surface area contributed by atoms with Gasteiger partial charge >= 0.3 is 5.97 Å². The number of nitrogens with one attached hydrogen (secondary N) is 1. The predicted molar refractivity (Wildman–Crippen MR) is 75.4 cm³/mol. The standard InChI is InChI=1S/C14H26N2O4/c1-2-20-14(18)12-19-11-8-15-7-6-13(17)16-9-4-3-5-10-16/h15H,2-12H2,1H3. The molecule has 1 amide bonds. The van der Waals surface area contributed by atoms with Crippen LogP contribution in [0.1, 0.15) is 32.6 Å². The SMILES string of the molecule is CCOC(=O)COCCNCCC(=O)N1CCCCC1. The van der Waals surface area contributed by atoms with E-state index in [-0.39, 0.29) is 18.5 Å². The Hall–Kier alpha value is -1.14. The van der Waals surface area contributed by atoms with Crippen LogP contribution in [-0.4, -0.2) is 62.8 Å². The minimum Gasteiger partial charge on any atom is -0.464 e. The monoisotopic (exact) mass is 286 g/mol. The molecular formula is C14H26N2O4. The van der Waals surface area contributed by atoms with E-state index in [0.29, 0.717) is 32.7 Å². The highest BCUT2D eigenvalue weighted by atomic mass is 16.6. The molecule has 6 nitrogen and oxygen atoms in total. The van der Waals surface area contributed by atoms with Gasteiger partial charge in [0.1, 0.15) is 6.61 Å². The average Bonchev–Trinajstić information content (AvgIpc) is 2.47. The molecule has 1 aliphatic heterocycles. The lowest BCUT2D eigenvalue weighted by atomic mass is 10.1. The first-order valence-electron chi connectivity index (χ1n) is 7.46. The first kappa shape index (κ1) is 16.9. The van der Waals surface area contributed by atoms with Gasteiger partial charge in [0.15, 0.2) is 0 Å². The Bertz CT molecular complexity index is 291. The van der Waals surface area contributed by atoms with Gasteiger partial charge in [0.25, 0.3) is 0 Å². The van der Waals surface area contributed by atoms with E-state index < -0.39 is 0 Å². The third-order valence-electron chi connectivity index (χ3n) is 3.17. The first-order valence-corrected chi connectivity index (χ1v) is 7.46. The molecular weight excluding hydrogens is 260 g/mol. The van der Waals surface area contributed by atoms with Crippen molar-refractivity contribution in [3.8, 4) is 0 Å². The van der Waals surface area contributed by atoms with E-state index in [1.54, 1.807) is 6.92 Å². The van der Waals surface area contributed by atoms with Crippen molar-refractivity contribution in [1.82, 2.24) is 10.2 Å². The molecule has 0 unspecified atom stereocenters. The van der Waals surface area contributed by atoms with E-state index in [0.717, 1.165) is 25.9 Å². The third kappa shape index (κ3) is 7.45. The Labute approximate surface area is 120 Å². The number of esters is 1. The van der Waals surface area contributed by atoms with Gasteiger partial charge in [0.2, 0.25) is 5.91 Å². The van der Waals surface area contributed by atoms with Crippen LogP contribution >= 0.6 is 0 Å². The summed E-state index contributed by atoms with van der Waals surface area (Å²) in [5, 5.41) is 3.14. The second kappa shape index (κ2) is 10.6. The summed E-state index contributed by atoms with van der Waals surface area (Å²) in [4.78, 5) is 24.8. The summed E-state index contributed by atoms with van der Waals surface area (Å²) in [5.41, 5.74) is 0. The number of hydrogen-bond donors (Lipinski definition) is 1. The quantitative estimate of drug-likeness (QED) is 0.495.